The van der Waals surface area contributed by atoms with Gasteiger partial charge in [-0.2, -0.15) is 0 Å². The minimum absolute atomic E-state index is 0.190. The summed E-state index contributed by atoms with van der Waals surface area (Å²) >= 11 is 0. The summed E-state index contributed by atoms with van der Waals surface area (Å²) in [6, 6.07) is 16.1. The van der Waals surface area contributed by atoms with E-state index >= 15 is 0 Å². The molecule has 2 N–H and O–H groups in total. The van der Waals surface area contributed by atoms with Gasteiger partial charge >= 0.3 is 11.8 Å². The summed E-state index contributed by atoms with van der Waals surface area (Å²) < 4.78 is 11.3. The molecule has 0 fully saturated rings. The Hall–Kier alpha value is -3.02. The topological polar surface area (TPSA) is 76.7 Å². The first-order valence-electron chi connectivity index (χ1n) is 7.25. The van der Waals surface area contributed by atoms with E-state index in [1.807, 2.05) is 24.3 Å². The molecule has 0 aliphatic carbocycles. The highest BCUT2D eigenvalue weighted by molar-refractivity contribution is 6.39. The second kappa shape index (κ2) is 6.83. The molecule has 0 unspecified atom stereocenters. The normalized spacial score (nSPS) is 15.6. The van der Waals surface area contributed by atoms with Gasteiger partial charge in [0.15, 0.2) is 11.5 Å². The third-order valence-corrected chi connectivity index (χ3v) is 3.30. The number of carbonyl (C=O) groups excluding carboxylic acids is 2. The monoisotopic (exact) mass is 312 g/mol. The standard InChI is InChI=1S/C17H16N2O4/c20-16(17(21)19-12-6-2-1-3-7-12)18-10-13-11-22-14-8-4-5-9-15(14)23-13/h1-9,13H,10-11H2,(H,18,20)(H,19,21)/t13-/m0/s1. The van der Waals surface area contributed by atoms with Gasteiger partial charge in [-0.3, -0.25) is 9.59 Å². The number of ether oxygens (including phenoxy) is 2. The van der Waals surface area contributed by atoms with Gasteiger partial charge in [-0.25, -0.2) is 0 Å². The van der Waals surface area contributed by atoms with E-state index in [-0.39, 0.29) is 12.6 Å². The third-order valence-electron chi connectivity index (χ3n) is 3.30. The van der Waals surface area contributed by atoms with Crippen LogP contribution in [-0.2, 0) is 9.59 Å². The Morgan fingerprint density at radius 1 is 0.957 bits per heavy atom. The van der Waals surface area contributed by atoms with Crippen LogP contribution in [0.3, 0.4) is 0 Å². The molecule has 2 aromatic carbocycles. The van der Waals surface area contributed by atoms with Crippen molar-refractivity contribution < 1.29 is 19.1 Å². The fraction of sp³-hybridized carbons (Fsp3) is 0.176. The number of carbonyl (C=O) groups is 2. The second-order valence-electron chi connectivity index (χ2n) is 5.03. The summed E-state index contributed by atoms with van der Waals surface area (Å²) in [4.78, 5) is 23.6. The van der Waals surface area contributed by atoms with Gasteiger partial charge in [-0.05, 0) is 24.3 Å². The maximum atomic E-state index is 11.8. The molecule has 0 saturated carbocycles. The van der Waals surface area contributed by atoms with Crippen LogP contribution >= 0.6 is 0 Å². The highest BCUT2D eigenvalue weighted by atomic mass is 16.6. The van der Waals surface area contributed by atoms with E-state index < -0.39 is 11.8 Å². The Balaban J connectivity index is 1.49. The molecular formula is C17H16N2O4. The summed E-state index contributed by atoms with van der Waals surface area (Å²) in [7, 11) is 0. The largest absolute Gasteiger partial charge is 0.486 e. The lowest BCUT2D eigenvalue weighted by Crippen LogP contribution is -2.44. The van der Waals surface area contributed by atoms with Gasteiger partial charge < -0.3 is 20.1 Å². The van der Waals surface area contributed by atoms with Gasteiger partial charge in [-0.15, -0.1) is 0 Å². The van der Waals surface area contributed by atoms with E-state index in [4.69, 9.17) is 9.47 Å². The van der Waals surface area contributed by atoms with Crippen LogP contribution in [0.15, 0.2) is 54.6 Å². The molecule has 0 spiro atoms. The molecule has 23 heavy (non-hydrogen) atoms. The van der Waals surface area contributed by atoms with E-state index in [1.165, 1.54) is 0 Å². The average molecular weight is 312 g/mol. The van der Waals surface area contributed by atoms with Gasteiger partial charge in [0.25, 0.3) is 0 Å². The van der Waals surface area contributed by atoms with Crippen molar-refractivity contribution in [1.29, 1.82) is 0 Å². The fourth-order valence-electron chi connectivity index (χ4n) is 2.16. The smallest absolute Gasteiger partial charge is 0.313 e. The minimum atomic E-state index is -0.715. The highest BCUT2D eigenvalue weighted by Crippen LogP contribution is 2.30. The zero-order valence-electron chi connectivity index (χ0n) is 12.3. The van der Waals surface area contributed by atoms with Crippen LogP contribution in [-0.4, -0.2) is 31.1 Å². The molecule has 0 radical (unpaired) electrons. The third kappa shape index (κ3) is 3.79. The summed E-state index contributed by atoms with van der Waals surface area (Å²) in [6.07, 6.45) is -0.335. The van der Waals surface area contributed by atoms with Crippen molar-refractivity contribution in [3.8, 4) is 11.5 Å². The summed E-state index contributed by atoms with van der Waals surface area (Å²) in [6.45, 7) is 0.507. The van der Waals surface area contributed by atoms with E-state index in [2.05, 4.69) is 10.6 Å². The lowest BCUT2D eigenvalue weighted by molar-refractivity contribution is -0.136. The first-order chi connectivity index (χ1) is 11.2. The highest BCUT2D eigenvalue weighted by Gasteiger charge is 2.22. The van der Waals surface area contributed by atoms with Gasteiger partial charge in [0, 0.05) is 5.69 Å². The number of anilines is 1. The number of nitrogens with one attached hydrogen (secondary N) is 2. The van der Waals surface area contributed by atoms with Crippen LogP contribution in [0.1, 0.15) is 0 Å². The van der Waals surface area contributed by atoms with Crippen LogP contribution < -0.4 is 20.1 Å². The molecule has 1 aliphatic heterocycles. The quantitative estimate of drug-likeness (QED) is 0.844. The van der Waals surface area contributed by atoms with Crippen LogP contribution in [0.4, 0.5) is 5.69 Å². The zero-order valence-corrected chi connectivity index (χ0v) is 12.3. The van der Waals surface area contributed by atoms with Gasteiger partial charge in [-0.1, -0.05) is 30.3 Å². The van der Waals surface area contributed by atoms with E-state index in [9.17, 15) is 9.59 Å². The molecule has 1 atom stereocenters. The minimum Gasteiger partial charge on any atom is -0.486 e. The molecule has 2 amide bonds. The molecule has 1 heterocycles. The Morgan fingerprint density at radius 3 is 2.43 bits per heavy atom. The van der Waals surface area contributed by atoms with E-state index in [0.717, 1.165) is 0 Å². The molecule has 2 aromatic rings. The fourth-order valence-corrected chi connectivity index (χ4v) is 2.16. The predicted octanol–water partition coefficient (Wildman–Crippen LogP) is 1.58. The Kier molecular flexibility index (Phi) is 4.42. The number of rotatable bonds is 3. The SMILES string of the molecule is O=C(NC[C@H]1COc2ccccc2O1)C(=O)Nc1ccccc1. The molecule has 0 bridgehead atoms. The summed E-state index contributed by atoms with van der Waals surface area (Å²) in [5.41, 5.74) is 0.568. The number of hydrogen-bond donors (Lipinski definition) is 2. The van der Waals surface area contributed by atoms with Crippen molar-refractivity contribution in [2.45, 2.75) is 6.10 Å². The van der Waals surface area contributed by atoms with Crippen molar-refractivity contribution in [3.63, 3.8) is 0 Å². The maximum Gasteiger partial charge on any atom is 0.313 e. The number of fused-ring (bicyclic) bond motifs is 1. The van der Waals surface area contributed by atoms with Gasteiger partial charge in [0.05, 0.1) is 6.54 Å². The number of para-hydroxylation sites is 3. The van der Waals surface area contributed by atoms with Crippen molar-refractivity contribution in [2.75, 3.05) is 18.5 Å². The lowest BCUT2D eigenvalue weighted by Gasteiger charge is -2.26. The lowest BCUT2D eigenvalue weighted by atomic mass is 10.2. The number of hydrogen-bond acceptors (Lipinski definition) is 4. The summed E-state index contributed by atoms with van der Waals surface area (Å²) in [5, 5.41) is 5.07. The molecular weight excluding hydrogens is 296 g/mol. The number of benzene rings is 2. The second-order valence-corrected chi connectivity index (χ2v) is 5.03. The zero-order chi connectivity index (χ0) is 16.1. The van der Waals surface area contributed by atoms with Crippen LogP contribution in [0.2, 0.25) is 0 Å². The molecule has 6 heteroatoms. The van der Waals surface area contributed by atoms with Crippen molar-refractivity contribution >= 4 is 17.5 Å². The molecule has 0 saturated heterocycles. The van der Waals surface area contributed by atoms with Crippen LogP contribution in [0, 0.1) is 0 Å². The average Bonchev–Trinajstić information content (AvgIpc) is 2.60. The molecule has 6 nitrogen and oxygen atoms in total. The van der Waals surface area contributed by atoms with Gasteiger partial charge in [0.2, 0.25) is 0 Å². The molecule has 3 rings (SSSR count). The first kappa shape index (κ1) is 14.9. The Bertz CT molecular complexity index is 703. The van der Waals surface area contributed by atoms with Gasteiger partial charge in [0.1, 0.15) is 12.7 Å². The predicted molar refractivity (Wildman–Crippen MR) is 84.4 cm³/mol. The Morgan fingerprint density at radius 2 is 1.65 bits per heavy atom. The van der Waals surface area contributed by atoms with Crippen molar-refractivity contribution in [2.24, 2.45) is 0 Å². The molecule has 1 aliphatic rings. The van der Waals surface area contributed by atoms with Crippen LogP contribution in [0.25, 0.3) is 0 Å². The molecule has 0 aromatic heterocycles. The van der Waals surface area contributed by atoms with Crippen LogP contribution in [0.5, 0.6) is 11.5 Å². The number of amides is 2. The van der Waals surface area contributed by atoms with E-state index in [1.54, 1.807) is 30.3 Å². The van der Waals surface area contributed by atoms with Crippen molar-refractivity contribution in [1.82, 2.24) is 5.32 Å². The van der Waals surface area contributed by atoms with E-state index in [0.29, 0.717) is 23.8 Å². The van der Waals surface area contributed by atoms with Crippen molar-refractivity contribution in [3.05, 3.63) is 54.6 Å². The summed E-state index contributed by atoms with van der Waals surface area (Å²) in [5.74, 6) is -0.117. The maximum absolute atomic E-state index is 11.8. The molecule has 118 valence electrons. The Labute approximate surface area is 133 Å². The first-order valence-corrected chi connectivity index (χ1v) is 7.25.